The molecule has 0 bridgehead atoms. The van der Waals surface area contributed by atoms with Crippen molar-refractivity contribution in [2.45, 2.75) is 6.10 Å². The van der Waals surface area contributed by atoms with Crippen LogP contribution in [0.2, 0.25) is 0 Å². The number of cyclic esters (lactones) is 1. The summed E-state index contributed by atoms with van der Waals surface area (Å²) in [5, 5.41) is 0. The first-order valence-corrected chi connectivity index (χ1v) is 7.64. The second kappa shape index (κ2) is 5.96. The molecule has 0 spiro atoms. The fourth-order valence-electron chi connectivity index (χ4n) is 1.81. The third-order valence-electron chi connectivity index (χ3n) is 2.97. The minimum Gasteiger partial charge on any atom is -0.443 e. The average Bonchev–Trinajstić information content (AvgIpc) is 2.78. The number of rotatable bonds is 5. The van der Waals surface area contributed by atoms with Crippen molar-refractivity contribution < 1.29 is 22.3 Å². The standard InChI is InChI=1S/C12H16FN3O4S/c1-15(2)21(18,19)14-7-11-8-16(12(17)20-11)10-5-3-4-9(13)6-10/h3-6,11,14H,7-8H2,1-2H3. The third kappa shape index (κ3) is 3.69. The molecule has 1 saturated heterocycles. The number of ether oxygens (including phenoxy) is 1. The second-order valence-electron chi connectivity index (χ2n) is 4.73. The van der Waals surface area contributed by atoms with Crippen molar-refractivity contribution in [3.05, 3.63) is 30.1 Å². The molecule has 1 aromatic carbocycles. The number of hydrogen-bond acceptors (Lipinski definition) is 4. The number of hydrogen-bond donors (Lipinski definition) is 1. The second-order valence-corrected chi connectivity index (χ2v) is 6.70. The lowest BCUT2D eigenvalue weighted by Gasteiger charge is -2.15. The Labute approximate surface area is 122 Å². The number of nitrogens with one attached hydrogen (secondary N) is 1. The van der Waals surface area contributed by atoms with Crippen molar-refractivity contribution in [3.8, 4) is 0 Å². The summed E-state index contributed by atoms with van der Waals surface area (Å²) >= 11 is 0. The number of carbonyl (C=O) groups is 1. The number of nitrogens with zero attached hydrogens (tertiary/aromatic N) is 2. The molecular weight excluding hydrogens is 301 g/mol. The molecule has 7 nitrogen and oxygen atoms in total. The Kier molecular flexibility index (Phi) is 4.45. The fraction of sp³-hybridized carbons (Fsp3) is 0.417. The monoisotopic (exact) mass is 317 g/mol. The van der Waals surface area contributed by atoms with E-state index >= 15 is 0 Å². The zero-order valence-corrected chi connectivity index (χ0v) is 12.4. The summed E-state index contributed by atoms with van der Waals surface area (Å²) in [7, 11) is -0.797. The molecule has 0 radical (unpaired) electrons. The van der Waals surface area contributed by atoms with Crippen LogP contribution < -0.4 is 9.62 Å². The summed E-state index contributed by atoms with van der Waals surface area (Å²) in [6.45, 7) is 0.107. The molecule has 1 unspecified atom stereocenters. The Morgan fingerprint density at radius 2 is 2.19 bits per heavy atom. The highest BCUT2D eigenvalue weighted by Crippen LogP contribution is 2.22. The van der Waals surface area contributed by atoms with Gasteiger partial charge in [0.1, 0.15) is 11.9 Å². The van der Waals surface area contributed by atoms with Gasteiger partial charge in [-0.2, -0.15) is 17.4 Å². The van der Waals surface area contributed by atoms with E-state index in [-0.39, 0.29) is 13.1 Å². The van der Waals surface area contributed by atoms with Crippen LogP contribution in [0.4, 0.5) is 14.9 Å². The lowest BCUT2D eigenvalue weighted by molar-refractivity contribution is 0.143. The van der Waals surface area contributed by atoms with E-state index in [4.69, 9.17) is 4.74 Å². The predicted octanol–water partition coefficient (Wildman–Crippen LogP) is 0.547. The Balaban J connectivity index is 2.00. The summed E-state index contributed by atoms with van der Waals surface area (Å²) < 4.78 is 44.7. The normalized spacial score (nSPS) is 19.1. The van der Waals surface area contributed by atoms with Crippen LogP contribution in [0.25, 0.3) is 0 Å². The van der Waals surface area contributed by atoms with E-state index in [1.807, 2.05) is 0 Å². The lowest BCUT2D eigenvalue weighted by atomic mass is 10.2. The smallest absolute Gasteiger partial charge is 0.414 e. The van der Waals surface area contributed by atoms with Crippen LogP contribution in [0.1, 0.15) is 0 Å². The zero-order valence-electron chi connectivity index (χ0n) is 11.6. The number of amides is 1. The number of carbonyl (C=O) groups excluding carboxylic acids is 1. The van der Waals surface area contributed by atoms with Crippen LogP contribution >= 0.6 is 0 Å². The van der Waals surface area contributed by atoms with Gasteiger partial charge in [-0.05, 0) is 18.2 Å². The summed E-state index contributed by atoms with van der Waals surface area (Å²) in [6, 6.07) is 5.55. The van der Waals surface area contributed by atoms with Crippen LogP contribution in [0.5, 0.6) is 0 Å². The van der Waals surface area contributed by atoms with E-state index in [1.165, 1.54) is 37.2 Å². The molecular formula is C12H16FN3O4S. The Morgan fingerprint density at radius 3 is 2.81 bits per heavy atom. The number of halogens is 1. The van der Waals surface area contributed by atoms with E-state index in [1.54, 1.807) is 6.07 Å². The van der Waals surface area contributed by atoms with Gasteiger partial charge >= 0.3 is 6.09 Å². The molecule has 0 aliphatic carbocycles. The van der Waals surface area contributed by atoms with E-state index < -0.39 is 28.2 Å². The molecule has 1 aliphatic heterocycles. The van der Waals surface area contributed by atoms with Gasteiger partial charge in [0.15, 0.2) is 0 Å². The van der Waals surface area contributed by atoms with E-state index in [0.29, 0.717) is 5.69 Å². The van der Waals surface area contributed by atoms with Crippen LogP contribution in [0.3, 0.4) is 0 Å². The van der Waals surface area contributed by atoms with Gasteiger partial charge in [0, 0.05) is 14.1 Å². The van der Waals surface area contributed by atoms with Crippen LogP contribution in [0.15, 0.2) is 24.3 Å². The van der Waals surface area contributed by atoms with Gasteiger partial charge in [-0.3, -0.25) is 4.90 Å². The van der Waals surface area contributed by atoms with Crippen molar-refractivity contribution in [2.75, 3.05) is 32.1 Å². The predicted molar refractivity (Wildman–Crippen MR) is 74.6 cm³/mol. The van der Waals surface area contributed by atoms with Gasteiger partial charge in [0.2, 0.25) is 0 Å². The number of benzene rings is 1. The van der Waals surface area contributed by atoms with Gasteiger partial charge in [0.05, 0.1) is 18.8 Å². The molecule has 1 N–H and O–H groups in total. The highest BCUT2D eigenvalue weighted by Gasteiger charge is 2.33. The quantitative estimate of drug-likeness (QED) is 0.860. The summed E-state index contributed by atoms with van der Waals surface area (Å²) in [4.78, 5) is 13.0. The first-order chi connectivity index (χ1) is 9.79. The molecule has 1 fully saturated rings. The summed E-state index contributed by atoms with van der Waals surface area (Å²) in [6.07, 6.45) is -1.26. The van der Waals surface area contributed by atoms with Crippen molar-refractivity contribution in [1.29, 1.82) is 0 Å². The molecule has 21 heavy (non-hydrogen) atoms. The van der Waals surface area contributed by atoms with Crippen molar-refractivity contribution in [2.24, 2.45) is 0 Å². The fourth-order valence-corrected chi connectivity index (χ4v) is 2.46. The molecule has 1 heterocycles. The van der Waals surface area contributed by atoms with Crippen LogP contribution in [-0.2, 0) is 14.9 Å². The minimum absolute atomic E-state index is 0.0436. The molecule has 1 aliphatic rings. The maximum absolute atomic E-state index is 13.2. The van der Waals surface area contributed by atoms with Gasteiger partial charge in [0.25, 0.3) is 10.2 Å². The average molecular weight is 317 g/mol. The largest absolute Gasteiger partial charge is 0.443 e. The molecule has 116 valence electrons. The van der Waals surface area contributed by atoms with Crippen molar-refractivity contribution in [1.82, 2.24) is 9.03 Å². The maximum atomic E-state index is 13.2. The summed E-state index contributed by atoms with van der Waals surface area (Å²) in [5.41, 5.74) is 0.373. The van der Waals surface area contributed by atoms with Crippen LogP contribution in [-0.4, -0.2) is 52.1 Å². The zero-order chi connectivity index (χ0) is 15.6. The molecule has 0 saturated carbocycles. The summed E-state index contributed by atoms with van der Waals surface area (Å²) in [5.74, 6) is -0.461. The maximum Gasteiger partial charge on any atom is 0.414 e. The highest BCUT2D eigenvalue weighted by molar-refractivity contribution is 7.87. The van der Waals surface area contributed by atoms with Crippen molar-refractivity contribution >= 4 is 22.0 Å². The SMILES string of the molecule is CN(C)S(=O)(=O)NCC1CN(c2cccc(F)c2)C(=O)O1. The van der Waals surface area contributed by atoms with E-state index in [9.17, 15) is 17.6 Å². The minimum atomic E-state index is -3.58. The molecule has 0 aromatic heterocycles. The topological polar surface area (TPSA) is 79.0 Å². The first kappa shape index (κ1) is 15.7. The van der Waals surface area contributed by atoms with Gasteiger partial charge < -0.3 is 4.74 Å². The van der Waals surface area contributed by atoms with E-state index in [0.717, 1.165) is 4.31 Å². The lowest BCUT2D eigenvalue weighted by Crippen LogP contribution is -2.40. The third-order valence-corrected chi connectivity index (χ3v) is 4.46. The van der Waals surface area contributed by atoms with E-state index in [2.05, 4.69) is 4.72 Å². The molecule has 1 atom stereocenters. The molecule has 1 amide bonds. The highest BCUT2D eigenvalue weighted by atomic mass is 32.2. The van der Waals surface area contributed by atoms with Gasteiger partial charge in [-0.25, -0.2) is 9.18 Å². The van der Waals surface area contributed by atoms with Crippen molar-refractivity contribution in [3.63, 3.8) is 0 Å². The molecule has 9 heteroatoms. The first-order valence-electron chi connectivity index (χ1n) is 6.20. The Morgan fingerprint density at radius 1 is 1.48 bits per heavy atom. The Bertz CT molecular complexity index is 635. The van der Waals surface area contributed by atoms with Crippen LogP contribution in [0, 0.1) is 5.82 Å². The molecule has 2 rings (SSSR count). The Hall–Kier alpha value is -1.71. The molecule has 1 aromatic rings. The number of anilines is 1. The van der Waals surface area contributed by atoms with Gasteiger partial charge in [-0.1, -0.05) is 6.07 Å². The van der Waals surface area contributed by atoms with Gasteiger partial charge in [-0.15, -0.1) is 0 Å².